The molecule has 2 aromatic rings. The Labute approximate surface area is 253 Å². The van der Waals surface area contributed by atoms with Crippen LogP contribution in [-0.2, 0) is 34.9 Å². The number of phenols is 2. The van der Waals surface area contributed by atoms with Crippen LogP contribution in [0.2, 0.25) is 0 Å². The smallest absolute Gasteiger partial charge is 0.330 e. The number of methoxy groups -OCH3 is 1. The van der Waals surface area contributed by atoms with Gasteiger partial charge in [-0.05, 0) is 54.8 Å². The van der Waals surface area contributed by atoms with Crippen LogP contribution in [0.4, 0.5) is 0 Å². The van der Waals surface area contributed by atoms with Crippen molar-refractivity contribution in [2.45, 2.75) is 74.8 Å². The lowest BCUT2D eigenvalue weighted by atomic mass is 9.97. The van der Waals surface area contributed by atoms with Crippen LogP contribution in [0.1, 0.15) is 18.1 Å². The zero-order valence-corrected chi connectivity index (χ0v) is 24.1. The highest BCUT2D eigenvalue weighted by molar-refractivity contribution is 5.87. The Morgan fingerprint density at radius 1 is 0.886 bits per heavy atom. The molecule has 4 rings (SSSR count). The number of benzene rings is 2. The average Bonchev–Trinajstić information content (AvgIpc) is 3.01. The first kappa shape index (κ1) is 33.6. The normalized spacial score (nSPS) is 32.4. The topological polar surface area (TPSA) is 214 Å². The molecule has 0 amide bonds. The number of aromatic hydroxyl groups is 2. The summed E-state index contributed by atoms with van der Waals surface area (Å²) >= 11 is 0. The highest BCUT2D eigenvalue weighted by Gasteiger charge is 2.50. The number of rotatable bonds is 11. The number of aliphatic hydroxyl groups excluding tert-OH is 5. The highest BCUT2D eigenvalue weighted by Crippen LogP contribution is 2.30. The molecule has 0 aliphatic carbocycles. The molecule has 44 heavy (non-hydrogen) atoms. The monoisotopic (exact) mass is 622 g/mol. The average molecular weight is 623 g/mol. The van der Waals surface area contributed by atoms with E-state index in [2.05, 4.69) is 0 Å². The van der Waals surface area contributed by atoms with E-state index in [4.69, 9.17) is 28.4 Å². The minimum Gasteiger partial charge on any atom is -0.508 e. The molecule has 0 spiro atoms. The third kappa shape index (κ3) is 8.24. The molecule has 2 aliphatic heterocycles. The maximum absolute atomic E-state index is 12.4. The molecule has 2 aliphatic rings. The van der Waals surface area contributed by atoms with Crippen molar-refractivity contribution in [2.24, 2.45) is 0 Å². The summed E-state index contributed by atoms with van der Waals surface area (Å²) in [5, 5.41) is 72.0. The molecule has 7 N–H and O–H groups in total. The summed E-state index contributed by atoms with van der Waals surface area (Å²) in [5.74, 6) is -0.473. The van der Waals surface area contributed by atoms with E-state index in [0.29, 0.717) is 12.0 Å². The lowest BCUT2D eigenvalue weighted by Gasteiger charge is -2.45. The van der Waals surface area contributed by atoms with Gasteiger partial charge in [-0.2, -0.15) is 0 Å². The van der Waals surface area contributed by atoms with Gasteiger partial charge >= 0.3 is 5.97 Å². The third-order valence-corrected chi connectivity index (χ3v) is 7.35. The molecule has 2 heterocycles. The van der Waals surface area contributed by atoms with Crippen LogP contribution < -0.4 is 4.74 Å². The zero-order valence-electron chi connectivity index (χ0n) is 24.1. The summed E-state index contributed by atoms with van der Waals surface area (Å²) in [5.41, 5.74) is 1.36. The molecule has 2 fully saturated rings. The SMILES string of the molecule is COc1cc(CCO[C@@H]2O[C@H](COC(=O)/C=C/c3ccc(O)cc3)[C@@H](O)[C@H](O[C@@H]3O[C@@H](C)[C@H](O)[C@@H](O)[C@H]3O)[C@H]2O)ccc1O. The van der Waals surface area contributed by atoms with E-state index in [0.717, 1.165) is 11.6 Å². The quantitative estimate of drug-likeness (QED) is 0.125. The first-order chi connectivity index (χ1) is 21.0. The maximum Gasteiger partial charge on any atom is 0.330 e. The minimum absolute atomic E-state index is 0.00480. The van der Waals surface area contributed by atoms with Crippen molar-refractivity contribution in [3.8, 4) is 17.2 Å². The van der Waals surface area contributed by atoms with Gasteiger partial charge in [0.1, 0.15) is 55.1 Å². The largest absolute Gasteiger partial charge is 0.508 e. The first-order valence-electron chi connectivity index (χ1n) is 14.0. The molecule has 0 unspecified atom stereocenters. The molecule has 14 heteroatoms. The minimum atomic E-state index is -1.71. The molecule has 10 atom stereocenters. The lowest BCUT2D eigenvalue weighted by molar-refractivity contribution is -0.357. The Bertz CT molecular complexity index is 1250. The molecule has 0 bridgehead atoms. The highest BCUT2D eigenvalue weighted by atomic mass is 16.7. The molecule has 0 aromatic heterocycles. The van der Waals surface area contributed by atoms with Crippen molar-refractivity contribution in [3.05, 3.63) is 59.7 Å². The number of hydrogen-bond donors (Lipinski definition) is 7. The number of aliphatic hydroxyl groups is 5. The van der Waals surface area contributed by atoms with Gasteiger partial charge in [0, 0.05) is 6.08 Å². The van der Waals surface area contributed by atoms with E-state index in [-0.39, 0.29) is 23.9 Å². The summed E-state index contributed by atoms with van der Waals surface area (Å²) < 4.78 is 33.1. The number of phenolic OH excluding ortho intramolecular Hbond substituents is 2. The standard InChI is InChI=1S/C30H38O14/c1-15-23(34)25(36)26(37)30(42-15)44-28-24(35)21(14-41-22(33)10-6-16-3-7-18(31)8-4-16)43-29(27(28)38)40-12-11-17-5-9-19(32)20(13-17)39-2/h3-10,13,15,21,23-32,34-38H,11-12,14H2,1-2H3/b10-6+/t15-,21+,23-,24+,25+,26+,27+,28-,29+,30-/m0/s1. The van der Waals surface area contributed by atoms with E-state index in [1.54, 1.807) is 24.3 Å². The number of carbonyl (C=O) groups excluding carboxylic acids is 1. The van der Waals surface area contributed by atoms with Crippen LogP contribution in [0, 0.1) is 0 Å². The second-order valence-corrected chi connectivity index (χ2v) is 10.5. The summed E-state index contributed by atoms with van der Waals surface area (Å²) in [6, 6.07) is 10.8. The van der Waals surface area contributed by atoms with Crippen molar-refractivity contribution in [2.75, 3.05) is 20.3 Å². The van der Waals surface area contributed by atoms with Crippen LogP contribution >= 0.6 is 0 Å². The van der Waals surface area contributed by atoms with Gasteiger partial charge in [0.05, 0.1) is 19.8 Å². The van der Waals surface area contributed by atoms with E-state index in [1.807, 2.05) is 0 Å². The van der Waals surface area contributed by atoms with E-state index in [1.165, 1.54) is 38.3 Å². The fourth-order valence-corrected chi connectivity index (χ4v) is 4.75. The van der Waals surface area contributed by atoms with Gasteiger partial charge in [-0.25, -0.2) is 4.79 Å². The van der Waals surface area contributed by atoms with Crippen LogP contribution in [0.15, 0.2) is 48.5 Å². The number of carbonyl (C=O) groups is 1. The molecular formula is C30H38O14. The van der Waals surface area contributed by atoms with Crippen LogP contribution in [-0.4, -0.2) is 123 Å². The molecule has 2 saturated heterocycles. The van der Waals surface area contributed by atoms with Crippen molar-refractivity contribution in [3.63, 3.8) is 0 Å². The summed E-state index contributed by atoms with van der Waals surface area (Å²) in [4.78, 5) is 12.4. The Morgan fingerprint density at radius 3 is 2.32 bits per heavy atom. The van der Waals surface area contributed by atoms with Gasteiger partial charge in [-0.3, -0.25) is 0 Å². The fourth-order valence-electron chi connectivity index (χ4n) is 4.75. The van der Waals surface area contributed by atoms with Crippen LogP contribution in [0.25, 0.3) is 6.08 Å². The molecular weight excluding hydrogens is 584 g/mol. The predicted octanol–water partition coefficient (Wildman–Crippen LogP) is -0.418. The summed E-state index contributed by atoms with van der Waals surface area (Å²) in [6.07, 6.45) is -11.7. The Kier molecular flexibility index (Phi) is 11.5. The van der Waals surface area contributed by atoms with Crippen molar-refractivity contribution >= 4 is 12.0 Å². The first-order valence-corrected chi connectivity index (χ1v) is 14.0. The van der Waals surface area contributed by atoms with Gasteiger partial charge in [-0.15, -0.1) is 0 Å². The van der Waals surface area contributed by atoms with Gasteiger partial charge in [0.15, 0.2) is 24.1 Å². The second-order valence-electron chi connectivity index (χ2n) is 10.5. The fraction of sp³-hybridized carbons (Fsp3) is 0.500. The molecule has 14 nitrogen and oxygen atoms in total. The molecule has 0 saturated carbocycles. The molecule has 242 valence electrons. The van der Waals surface area contributed by atoms with Crippen molar-refractivity contribution in [1.82, 2.24) is 0 Å². The van der Waals surface area contributed by atoms with Gasteiger partial charge in [0.25, 0.3) is 0 Å². The predicted molar refractivity (Wildman–Crippen MR) is 150 cm³/mol. The van der Waals surface area contributed by atoms with Crippen molar-refractivity contribution in [1.29, 1.82) is 0 Å². The Balaban J connectivity index is 1.44. The summed E-state index contributed by atoms with van der Waals surface area (Å²) in [6.45, 7) is 0.976. The number of esters is 1. The number of ether oxygens (including phenoxy) is 6. The van der Waals surface area contributed by atoms with Gasteiger partial charge in [-0.1, -0.05) is 18.2 Å². The maximum atomic E-state index is 12.4. The van der Waals surface area contributed by atoms with E-state index in [9.17, 15) is 40.5 Å². The Hall–Kier alpha value is -3.31. The third-order valence-electron chi connectivity index (χ3n) is 7.35. The van der Waals surface area contributed by atoms with Crippen molar-refractivity contribution < 1.29 is 69.0 Å². The van der Waals surface area contributed by atoms with Crippen LogP contribution in [0.5, 0.6) is 17.2 Å². The second kappa shape index (κ2) is 15.1. The van der Waals surface area contributed by atoms with Gasteiger partial charge < -0.3 is 64.2 Å². The zero-order chi connectivity index (χ0) is 32.0. The Morgan fingerprint density at radius 2 is 1.61 bits per heavy atom. The molecule has 2 aromatic carbocycles. The lowest BCUT2D eigenvalue weighted by Crippen LogP contribution is -2.64. The van der Waals surface area contributed by atoms with E-state index >= 15 is 0 Å². The number of hydrogen-bond acceptors (Lipinski definition) is 14. The van der Waals surface area contributed by atoms with Crippen LogP contribution in [0.3, 0.4) is 0 Å². The van der Waals surface area contributed by atoms with E-state index < -0.39 is 74.0 Å². The van der Waals surface area contributed by atoms with Gasteiger partial charge in [0.2, 0.25) is 0 Å². The molecule has 0 radical (unpaired) electrons. The summed E-state index contributed by atoms with van der Waals surface area (Å²) in [7, 11) is 1.41.